The zero-order valence-corrected chi connectivity index (χ0v) is 43.6. The second kappa shape index (κ2) is 22.6. The summed E-state index contributed by atoms with van der Waals surface area (Å²) in [6, 6.07) is 18.2. The number of carbonyl (C=O) groups is 6. The molecular formula is C54H76N12O6. The number of nitrogens with one attached hydrogen (secondary N) is 9. The number of nitrogens with zero attached hydrogens (tertiary/aromatic N) is 3. The van der Waals surface area contributed by atoms with Crippen molar-refractivity contribution in [3.63, 3.8) is 0 Å². The van der Waals surface area contributed by atoms with Crippen LogP contribution in [0.2, 0.25) is 0 Å². The van der Waals surface area contributed by atoms with E-state index in [1.54, 1.807) is 37.7 Å². The van der Waals surface area contributed by atoms with Crippen LogP contribution in [0.4, 0.5) is 0 Å². The van der Waals surface area contributed by atoms with Gasteiger partial charge in [-0.2, -0.15) is 0 Å². The number of hydrogen-bond donors (Lipinski definition) is 9. The summed E-state index contributed by atoms with van der Waals surface area (Å²) >= 11 is 0. The van der Waals surface area contributed by atoms with E-state index in [1.165, 1.54) is 5.56 Å². The topological polar surface area (TPSA) is 230 Å². The first-order chi connectivity index (χ1) is 34.2. The van der Waals surface area contributed by atoms with Gasteiger partial charge in [0.15, 0.2) is 5.84 Å². The highest BCUT2D eigenvalue weighted by Gasteiger charge is 2.47. The maximum atomic E-state index is 15.1. The molecular weight excluding hydrogens is 913 g/mol. The molecule has 1 fully saturated rings. The lowest BCUT2D eigenvalue weighted by Crippen LogP contribution is -2.62. The van der Waals surface area contributed by atoms with E-state index in [4.69, 9.17) is 0 Å². The minimum Gasteiger partial charge on any atom is -0.347 e. The Kier molecular flexibility index (Phi) is 16.8. The van der Waals surface area contributed by atoms with Gasteiger partial charge in [0.05, 0.1) is 24.2 Å². The van der Waals surface area contributed by atoms with Crippen LogP contribution in [0.15, 0.2) is 77.9 Å². The average Bonchev–Trinajstić information content (AvgIpc) is 4.07. The van der Waals surface area contributed by atoms with Gasteiger partial charge in [0.2, 0.25) is 35.4 Å². The summed E-state index contributed by atoms with van der Waals surface area (Å²) in [5.74, 6) is -1.93. The molecule has 388 valence electrons. The normalized spacial score (nSPS) is 21.8. The largest absolute Gasteiger partial charge is 0.347 e. The molecule has 0 saturated carbocycles. The zero-order valence-electron chi connectivity index (χ0n) is 43.6. The lowest BCUT2D eigenvalue weighted by atomic mass is 9.83. The molecule has 3 aliphatic heterocycles. The first-order valence-corrected chi connectivity index (χ1v) is 25.4. The highest BCUT2D eigenvalue weighted by atomic mass is 16.2. The molecule has 3 aromatic carbocycles. The molecule has 0 radical (unpaired) electrons. The number of rotatable bonds is 16. The van der Waals surface area contributed by atoms with Crippen molar-refractivity contribution in [2.24, 2.45) is 15.9 Å². The Bertz CT molecular complexity index is 2500. The number of aryl methyl sites for hydroxylation is 1. The molecule has 0 bridgehead atoms. The van der Waals surface area contributed by atoms with Crippen molar-refractivity contribution >= 4 is 41.3 Å². The molecule has 1 aliphatic carbocycles. The van der Waals surface area contributed by atoms with Crippen LogP contribution in [-0.4, -0.2) is 114 Å². The fourth-order valence-electron chi connectivity index (χ4n) is 10.2. The van der Waals surface area contributed by atoms with Crippen molar-refractivity contribution in [1.82, 2.24) is 58.2 Å². The molecule has 18 heteroatoms. The Hall–Kier alpha value is -6.37. The summed E-state index contributed by atoms with van der Waals surface area (Å²) in [6.45, 7) is 15.1. The second-order valence-corrected chi connectivity index (χ2v) is 22.1. The third-order valence-corrected chi connectivity index (χ3v) is 14.8. The van der Waals surface area contributed by atoms with Crippen LogP contribution < -0.4 is 48.4 Å². The quantitative estimate of drug-likeness (QED) is 0.101. The summed E-state index contributed by atoms with van der Waals surface area (Å²) in [4.78, 5) is 89.8. The van der Waals surface area contributed by atoms with E-state index in [-0.39, 0.29) is 73.3 Å². The number of carbonyl (C=O) groups excluding carboxylic acids is 6. The molecule has 3 aromatic rings. The lowest BCUT2D eigenvalue weighted by molar-refractivity contribution is -0.147. The number of likely N-dealkylation sites (N-methyl/N-ethyl adjacent to an activating group) is 2. The molecule has 4 aliphatic rings. The monoisotopic (exact) mass is 989 g/mol. The molecule has 18 nitrogen and oxygen atoms in total. The van der Waals surface area contributed by atoms with Gasteiger partial charge in [0.25, 0.3) is 0 Å². The summed E-state index contributed by atoms with van der Waals surface area (Å²) in [5.41, 5.74) is 12.8. The number of hydrazone groups is 1. The van der Waals surface area contributed by atoms with Crippen molar-refractivity contribution in [1.29, 1.82) is 0 Å². The van der Waals surface area contributed by atoms with Crippen LogP contribution in [0.5, 0.6) is 0 Å². The van der Waals surface area contributed by atoms with E-state index in [9.17, 15) is 19.2 Å². The van der Waals surface area contributed by atoms with Crippen LogP contribution >= 0.6 is 0 Å². The molecule has 9 atom stereocenters. The average molecular weight is 989 g/mol. The second-order valence-electron chi connectivity index (χ2n) is 22.1. The van der Waals surface area contributed by atoms with E-state index < -0.39 is 53.1 Å². The number of hydrogen-bond acceptors (Lipinski definition) is 12. The fraction of sp³-hybridized carbons (Fsp3) is 0.537. The van der Waals surface area contributed by atoms with Gasteiger partial charge in [0, 0.05) is 25.4 Å². The number of likely N-dealkylation sites (tertiary alicyclic amines) is 1. The summed E-state index contributed by atoms with van der Waals surface area (Å²) in [7, 11) is 3.36. The predicted molar refractivity (Wildman–Crippen MR) is 276 cm³/mol. The summed E-state index contributed by atoms with van der Waals surface area (Å²) < 4.78 is 0. The van der Waals surface area contributed by atoms with Gasteiger partial charge in [-0.15, -0.1) is 10.6 Å². The van der Waals surface area contributed by atoms with Gasteiger partial charge in [-0.25, -0.2) is 5.53 Å². The summed E-state index contributed by atoms with van der Waals surface area (Å²) in [5, 5.41) is 22.8. The predicted octanol–water partition coefficient (Wildman–Crippen LogP) is 2.75. The zero-order chi connectivity index (χ0) is 52.1. The number of amidine groups is 1. The van der Waals surface area contributed by atoms with Crippen LogP contribution in [0.3, 0.4) is 0 Å². The van der Waals surface area contributed by atoms with Crippen LogP contribution in [0.25, 0.3) is 0 Å². The molecule has 3 heterocycles. The molecule has 1 saturated heterocycles. The molecule has 0 spiro atoms. The molecule has 7 rings (SSSR count). The molecule has 0 unspecified atom stereocenters. The van der Waals surface area contributed by atoms with E-state index in [0.717, 1.165) is 47.1 Å². The minimum atomic E-state index is -0.968. The molecule has 9 N–H and O–H groups in total. The van der Waals surface area contributed by atoms with Gasteiger partial charge in [-0.1, -0.05) is 114 Å². The van der Waals surface area contributed by atoms with Crippen molar-refractivity contribution in [2.75, 3.05) is 20.6 Å². The van der Waals surface area contributed by atoms with Crippen molar-refractivity contribution in [3.05, 3.63) is 106 Å². The lowest BCUT2D eigenvalue weighted by Gasteiger charge is -2.42. The first kappa shape index (κ1) is 53.4. The van der Waals surface area contributed by atoms with Gasteiger partial charge in [-0.05, 0) is 104 Å². The Morgan fingerprint density at radius 3 is 1.96 bits per heavy atom. The van der Waals surface area contributed by atoms with Gasteiger partial charge in [-0.3, -0.25) is 34.2 Å². The van der Waals surface area contributed by atoms with Crippen molar-refractivity contribution < 1.29 is 28.8 Å². The Morgan fingerprint density at radius 1 is 0.722 bits per heavy atom. The van der Waals surface area contributed by atoms with Crippen molar-refractivity contribution in [2.45, 2.75) is 155 Å². The third-order valence-electron chi connectivity index (χ3n) is 14.8. The van der Waals surface area contributed by atoms with Gasteiger partial charge < -0.3 is 41.7 Å². The highest BCUT2D eigenvalue weighted by molar-refractivity contribution is 5.97. The SMILES string of the molecule is CN[C@@H](C)C(=O)N[C@H](C(=O)N1C[C@@H](c2ccc3c(c2)CN(C(=O)[C@@H](NC(=O)[C@H](C)NC)C(C)(C)C)[C@H](C(=O)N[C@@H]2CCCc4ccccc42)C3)C[C@H]1C(=O)N[C@@H](Cc1ccccc1)C1=NNNN1)C(C)(C)C. The van der Waals surface area contributed by atoms with E-state index in [2.05, 4.69) is 65.6 Å². The number of benzene rings is 3. The van der Waals surface area contributed by atoms with Crippen molar-refractivity contribution in [3.8, 4) is 0 Å². The van der Waals surface area contributed by atoms with E-state index >= 15 is 9.59 Å². The van der Waals surface area contributed by atoms with Crippen LogP contribution in [-0.2, 0) is 54.6 Å². The van der Waals surface area contributed by atoms with Gasteiger partial charge >= 0.3 is 0 Å². The Balaban J connectivity index is 1.23. The molecule has 6 amide bonds. The Labute approximate surface area is 424 Å². The number of amides is 6. The highest BCUT2D eigenvalue weighted by Crippen LogP contribution is 2.38. The maximum Gasteiger partial charge on any atom is 0.246 e. The third kappa shape index (κ3) is 12.3. The summed E-state index contributed by atoms with van der Waals surface area (Å²) in [6.07, 6.45) is 3.55. The van der Waals surface area contributed by atoms with Gasteiger partial charge in [0.1, 0.15) is 24.2 Å². The fourth-order valence-corrected chi connectivity index (χ4v) is 10.2. The molecule has 72 heavy (non-hydrogen) atoms. The Morgan fingerprint density at radius 2 is 1.35 bits per heavy atom. The van der Waals surface area contributed by atoms with Crippen LogP contribution in [0, 0.1) is 10.8 Å². The first-order valence-electron chi connectivity index (χ1n) is 25.4. The molecule has 0 aromatic heterocycles. The standard InChI is InChI=1S/C54H76N12O6/c1-31(55-9)47(67)59-44(53(3,4)5)51(71)65-29-37-26-35(23-24-36(37)27-42(65)49(69)57-40-22-16-20-34-19-14-15-21-39(34)40)38-28-43(66(30-38)52(72)45(54(6,7)8)60-48(68)32(2)56-10)50(70)58-41(46-61-63-64-62-46)25-33-17-12-11-13-18-33/h11-15,17-19,21,23-24,26,31-32,38,40-45,55-56,63-64H,16,20,22,25,27-30H2,1-10H3,(H,57,69)(H,58,70)(H,59,67)(H,60,68)(H,61,62)/t31-,32-,38-,40+,41-,42-,43-,44+,45+/m0/s1. The minimum absolute atomic E-state index is 0.0881. The number of fused-ring (bicyclic) bond motifs is 2. The van der Waals surface area contributed by atoms with E-state index in [1.807, 2.05) is 102 Å². The van der Waals surface area contributed by atoms with E-state index in [0.29, 0.717) is 12.3 Å². The smallest absolute Gasteiger partial charge is 0.246 e. The van der Waals surface area contributed by atoms with Crippen LogP contribution in [0.1, 0.15) is 120 Å². The maximum absolute atomic E-state index is 15.1. The number of hydrazine groups is 2.